The van der Waals surface area contributed by atoms with Crippen LogP contribution < -0.4 is 21.1 Å². The van der Waals surface area contributed by atoms with Gasteiger partial charge in [-0.2, -0.15) is 0 Å². The van der Waals surface area contributed by atoms with Gasteiger partial charge >= 0.3 is 0 Å². The number of hydrogen-bond acceptors (Lipinski definition) is 1. The smallest absolute Gasteiger partial charge is 0.254 e. The molecule has 2 saturated carbocycles. The topological polar surface area (TPSA) is 14.2 Å². The van der Waals surface area contributed by atoms with Gasteiger partial charge < -0.3 is 9.30 Å². The van der Waals surface area contributed by atoms with Crippen LogP contribution >= 0.6 is 0 Å². The van der Waals surface area contributed by atoms with Crippen LogP contribution in [0.25, 0.3) is 71.3 Å². The molecule has 2 unspecified atom stereocenters. The van der Waals surface area contributed by atoms with Crippen molar-refractivity contribution in [3.63, 3.8) is 0 Å². The molecule has 0 N–H and O–H groups in total. The molecule has 7 aromatic carbocycles. The summed E-state index contributed by atoms with van der Waals surface area (Å²) in [5.41, 5.74) is 23.8. The molecule has 2 nitrogen and oxygen atoms in total. The molecule has 0 saturated heterocycles. The van der Waals surface area contributed by atoms with Crippen molar-refractivity contribution in [3.05, 3.63) is 118 Å². The molecule has 4 bridgehead atoms. The van der Waals surface area contributed by atoms with Crippen LogP contribution in [0.15, 0.2) is 78.9 Å². The first-order valence-electron chi connectivity index (χ1n) is 22.1. The van der Waals surface area contributed by atoms with Gasteiger partial charge in [0.2, 0.25) is 0 Å². The van der Waals surface area contributed by atoms with Crippen molar-refractivity contribution in [2.24, 2.45) is 11.8 Å². The summed E-state index contributed by atoms with van der Waals surface area (Å²) < 4.78 is 9.99. The summed E-state index contributed by atoms with van der Waals surface area (Å²) in [6.45, 7) is 16.4. The van der Waals surface area contributed by atoms with Gasteiger partial charge in [0.05, 0.1) is 16.7 Å². The molecule has 3 aliphatic heterocycles. The highest BCUT2D eigenvalue weighted by Crippen LogP contribution is 2.59. The van der Waals surface area contributed by atoms with Gasteiger partial charge in [0.1, 0.15) is 11.5 Å². The molecule has 7 aliphatic rings. The van der Waals surface area contributed by atoms with E-state index >= 15 is 0 Å². The highest BCUT2D eigenvalue weighted by Gasteiger charge is 2.48. The quantitative estimate of drug-likeness (QED) is 0.152. The lowest BCUT2D eigenvalue weighted by Gasteiger charge is -2.40. The van der Waals surface area contributed by atoms with Crippen LogP contribution in [0.2, 0.25) is 0 Å². The third-order valence-electron chi connectivity index (χ3n) is 16.1. The maximum atomic E-state index is 7.40. The maximum absolute atomic E-state index is 7.40. The first-order valence-corrected chi connectivity index (χ1v) is 22.1. The Morgan fingerprint density at radius 2 is 1.21 bits per heavy atom. The molecule has 58 heavy (non-hydrogen) atoms. The van der Waals surface area contributed by atoms with Gasteiger partial charge in [0, 0.05) is 22.2 Å². The second-order valence-electron chi connectivity index (χ2n) is 20.7. The minimum atomic E-state index is 0.00142. The van der Waals surface area contributed by atoms with E-state index in [0.29, 0.717) is 11.8 Å². The Bertz CT molecular complexity index is 3220. The Morgan fingerprint density at radius 1 is 0.569 bits per heavy atom. The van der Waals surface area contributed by atoms with Gasteiger partial charge in [-0.25, -0.2) is 0 Å². The summed E-state index contributed by atoms with van der Waals surface area (Å²) in [5.74, 6) is 5.22. The molecule has 8 aromatic rings. The molecule has 0 spiro atoms. The average molecular weight is 750 g/mol. The van der Waals surface area contributed by atoms with Crippen molar-refractivity contribution in [2.75, 3.05) is 0 Å². The van der Waals surface area contributed by atoms with E-state index in [4.69, 9.17) is 4.74 Å². The molecule has 15 rings (SSSR count). The monoisotopic (exact) mass is 749 g/mol. The number of ether oxygens (including phenoxy) is 1. The predicted octanol–water partition coefficient (Wildman–Crippen LogP) is 12.6. The lowest BCUT2D eigenvalue weighted by molar-refractivity contribution is 0.166. The van der Waals surface area contributed by atoms with Gasteiger partial charge in [-0.15, -0.1) is 0 Å². The minimum absolute atomic E-state index is 0.00142. The highest BCUT2D eigenvalue weighted by molar-refractivity contribution is 7.02. The van der Waals surface area contributed by atoms with Crippen LogP contribution in [0.1, 0.15) is 104 Å². The van der Waals surface area contributed by atoms with Crippen LogP contribution in [-0.4, -0.2) is 11.3 Å². The Labute approximate surface area is 341 Å². The lowest BCUT2D eigenvalue weighted by Crippen LogP contribution is -2.59. The zero-order valence-corrected chi connectivity index (χ0v) is 34.8. The second kappa shape index (κ2) is 10.5. The Balaban J connectivity index is 1.14. The minimum Gasteiger partial charge on any atom is -0.458 e. The van der Waals surface area contributed by atoms with E-state index in [0.717, 1.165) is 23.3 Å². The molecule has 2 fully saturated rings. The summed E-state index contributed by atoms with van der Waals surface area (Å²) in [6, 6.07) is 31.9. The summed E-state index contributed by atoms with van der Waals surface area (Å²) in [6.07, 6.45) is 6.97. The lowest BCUT2D eigenvalue weighted by atomic mass is 9.30. The van der Waals surface area contributed by atoms with E-state index in [1.165, 1.54) is 148 Å². The van der Waals surface area contributed by atoms with E-state index in [-0.39, 0.29) is 12.1 Å². The first-order chi connectivity index (χ1) is 28.0. The zero-order valence-electron chi connectivity index (χ0n) is 34.8. The third-order valence-corrected chi connectivity index (χ3v) is 16.1. The molecule has 4 aliphatic carbocycles. The number of fused-ring (bicyclic) bond motifs is 5. The summed E-state index contributed by atoms with van der Waals surface area (Å²) >= 11 is 0. The van der Waals surface area contributed by atoms with Crippen LogP contribution in [0, 0.1) is 39.5 Å². The Kier molecular flexibility index (Phi) is 5.90. The molecule has 0 radical (unpaired) electrons. The SMILES string of the molecule is Cc1cc(C)c2c(c1)c1cc(C)cc(C)c1n2-c1cc2c3c4c(cccc14)-c1cc(C(C)(C)C)cc4c1B3c1c(ccc3c5c(cc-4c13)C1CC3CC(C1)CC5C3)O2. The van der Waals surface area contributed by atoms with Gasteiger partial charge in [0.25, 0.3) is 6.71 Å². The molecular weight excluding hydrogens is 701 g/mol. The fraction of sp³-hybridized carbons (Fsp3) is 0.309. The van der Waals surface area contributed by atoms with Crippen molar-refractivity contribution in [1.29, 1.82) is 0 Å². The van der Waals surface area contributed by atoms with Crippen molar-refractivity contribution < 1.29 is 4.74 Å². The molecule has 4 heterocycles. The normalized spacial score (nSPS) is 21.5. The maximum Gasteiger partial charge on any atom is 0.254 e. The number of nitrogens with zero attached hydrogens (tertiary/aromatic N) is 1. The van der Waals surface area contributed by atoms with Gasteiger partial charge in [-0.3, -0.25) is 0 Å². The van der Waals surface area contributed by atoms with E-state index in [2.05, 4.69) is 132 Å². The standard InChI is InChI=1S/C55H48BNO/c1-26-13-28(3)53-42(15-26)43-16-27(2)14-29(4)54(43)57(53)44-25-46-52-48-35(9-8-10-36(44)48)40-22-34(55(5,6)7)23-41-39-24-38-32-18-30-17-31(19-32)21-33(20-30)47(38)37-11-12-45(58-46)51(49(37)39)56(52)50(40)41/h8-16,22-25,30-33H,17-21H2,1-7H3. The number of benzene rings is 7. The Morgan fingerprint density at radius 3 is 1.90 bits per heavy atom. The third kappa shape index (κ3) is 3.88. The van der Waals surface area contributed by atoms with Gasteiger partial charge in [-0.1, -0.05) is 85.9 Å². The molecule has 2 atom stereocenters. The van der Waals surface area contributed by atoms with Gasteiger partial charge in [-0.05, 0) is 190 Å². The predicted molar refractivity (Wildman–Crippen MR) is 245 cm³/mol. The van der Waals surface area contributed by atoms with Crippen molar-refractivity contribution in [1.82, 2.24) is 4.57 Å². The fourth-order valence-electron chi connectivity index (χ4n) is 14.2. The van der Waals surface area contributed by atoms with Crippen molar-refractivity contribution in [3.8, 4) is 39.4 Å². The molecule has 282 valence electrons. The van der Waals surface area contributed by atoms with E-state index in [1.54, 1.807) is 11.1 Å². The molecule has 0 amide bonds. The fourth-order valence-corrected chi connectivity index (χ4v) is 14.2. The summed E-state index contributed by atoms with van der Waals surface area (Å²) in [5, 5.41) is 8.34. The van der Waals surface area contributed by atoms with Gasteiger partial charge in [0.15, 0.2) is 0 Å². The largest absolute Gasteiger partial charge is 0.458 e. The Hall–Kier alpha value is -5.28. The highest BCUT2D eigenvalue weighted by atomic mass is 16.5. The molecule has 1 aromatic heterocycles. The van der Waals surface area contributed by atoms with Crippen molar-refractivity contribution >= 4 is 66.5 Å². The first kappa shape index (κ1) is 32.7. The van der Waals surface area contributed by atoms with Crippen LogP contribution in [0.3, 0.4) is 0 Å². The van der Waals surface area contributed by atoms with E-state index < -0.39 is 0 Å². The second-order valence-corrected chi connectivity index (χ2v) is 20.7. The van der Waals surface area contributed by atoms with E-state index in [9.17, 15) is 0 Å². The summed E-state index contributed by atoms with van der Waals surface area (Å²) in [7, 11) is 0. The van der Waals surface area contributed by atoms with Crippen LogP contribution in [-0.2, 0) is 5.41 Å². The van der Waals surface area contributed by atoms with Crippen LogP contribution in [0.5, 0.6) is 11.5 Å². The average Bonchev–Trinajstić information content (AvgIpc) is 3.41. The van der Waals surface area contributed by atoms with Crippen LogP contribution in [0.4, 0.5) is 0 Å². The van der Waals surface area contributed by atoms with E-state index in [1.807, 2.05) is 0 Å². The number of aromatic nitrogens is 1. The number of aryl methyl sites for hydroxylation is 4. The zero-order chi connectivity index (χ0) is 38.8. The summed E-state index contributed by atoms with van der Waals surface area (Å²) in [4.78, 5) is 0. The molecule has 3 heteroatoms. The number of rotatable bonds is 1. The van der Waals surface area contributed by atoms with Crippen molar-refractivity contribution in [2.45, 2.75) is 97.8 Å². The number of hydrogen-bond donors (Lipinski definition) is 0. The molecular formula is C55H48BNO.